The standard InChI is InChI=1S/C24H44N8O9/c1-12(2)19(27)23(39)29-13(3)20(36)32-16(11-33)22(38)31-14(7-8-17(26)34)21(37)28-10-18(35)30-15(24(40)41)6-4-5-9-25/h12-16,19,33H,4-11,25,27H2,1-3H3,(H2,26,34)(H,28,37)(H,29,39)(H,30,35)(H,31,38)(H,32,36)(H,40,41)/t13-,14+,15+,16+,19+/m1/s1. The highest BCUT2D eigenvalue weighted by atomic mass is 16.4. The number of nitrogens with one attached hydrogen (secondary N) is 5. The molecule has 0 aromatic rings. The SMILES string of the molecule is CC(C)[C@H](N)C(=O)N[C@H](C)C(=O)N[C@@H](CO)C(=O)N[C@@H](CCC(N)=O)C(=O)NCC(=O)N[C@@H](CCCCN)C(=O)O. The van der Waals surface area contributed by atoms with Crippen molar-refractivity contribution in [1.82, 2.24) is 26.6 Å². The zero-order valence-electron chi connectivity index (χ0n) is 23.6. The second-order valence-electron chi connectivity index (χ2n) is 9.77. The molecule has 17 nitrogen and oxygen atoms in total. The first-order valence-corrected chi connectivity index (χ1v) is 13.2. The van der Waals surface area contributed by atoms with E-state index in [4.69, 9.17) is 17.2 Å². The van der Waals surface area contributed by atoms with Crippen LogP contribution in [0.2, 0.25) is 0 Å². The molecule has 0 rings (SSSR count). The van der Waals surface area contributed by atoms with Gasteiger partial charge in [-0.25, -0.2) is 4.79 Å². The van der Waals surface area contributed by atoms with Crippen LogP contribution in [0.4, 0.5) is 0 Å². The highest BCUT2D eigenvalue weighted by Crippen LogP contribution is 2.02. The molecule has 41 heavy (non-hydrogen) atoms. The average molecular weight is 589 g/mol. The monoisotopic (exact) mass is 588 g/mol. The molecule has 13 N–H and O–H groups in total. The molecule has 0 bridgehead atoms. The zero-order valence-corrected chi connectivity index (χ0v) is 23.6. The molecule has 0 saturated carbocycles. The van der Waals surface area contributed by atoms with E-state index < -0.39 is 84.8 Å². The summed E-state index contributed by atoms with van der Waals surface area (Å²) in [7, 11) is 0. The fourth-order valence-electron chi connectivity index (χ4n) is 3.28. The molecular weight excluding hydrogens is 544 g/mol. The van der Waals surface area contributed by atoms with E-state index in [1.807, 2.05) is 0 Å². The Labute approximate surface area is 238 Å². The topological polar surface area (TPSA) is 298 Å². The Kier molecular flexibility index (Phi) is 17.5. The lowest BCUT2D eigenvalue weighted by Crippen LogP contribution is -2.58. The Morgan fingerprint density at radius 2 is 1.37 bits per heavy atom. The van der Waals surface area contributed by atoms with E-state index in [1.54, 1.807) is 13.8 Å². The molecule has 0 aromatic carbocycles. The molecule has 0 aliphatic heterocycles. The molecule has 0 aliphatic carbocycles. The summed E-state index contributed by atoms with van der Waals surface area (Å²) >= 11 is 0. The number of hydrogen-bond donors (Lipinski definition) is 10. The van der Waals surface area contributed by atoms with Crippen LogP contribution in [0, 0.1) is 5.92 Å². The van der Waals surface area contributed by atoms with Crippen molar-refractivity contribution in [2.75, 3.05) is 19.7 Å². The first kappa shape index (κ1) is 37.2. The van der Waals surface area contributed by atoms with Crippen molar-refractivity contribution in [1.29, 1.82) is 0 Å². The van der Waals surface area contributed by atoms with E-state index in [0.29, 0.717) is 19.4 Å². The summed E-state index contributed by atoms with van der Waals surface area (Å²) in [4.78, 5) is 84.9. The van der Waals surface area contributed by atoms with Crippen molar-refractivity contribution in [3.8, 4) is 0 Å². The number of carbonyl (C=O) groups excluding carboxylic acids is 6. The van der Waals surface area contributed by atoms with Gasteiger partial charge in [-0.15, -0.1) is 0 Å². The van der Waals surface area contributed by atoms with Gasteiger partial charge in [-0.05, 0) is 45.1 Å². The molecule has 0 saturated heterocycles. The molecule has 5 atom stereocenters. The van der Waals surface area contributed by atoms with Crippen LogP contribution in [0.3, 0.4) is 0 Å². The Balaban J connectivity index is 5.24. The van der Waals surface area contributed by atoms with Crippen molar-refractivity contribution >= 4 is 41.4 Å². The summed E-state index contributed by atoms with van der Waals surface area (Å²) in [6.45, 7) is 3.62. The number of primary amides is 1. The number of carboxylic acid groups (broad SMARTS) is 1. The maximum atomic E-state index is 12.8. The van der Waals surface area contributed by atoms with Crippen molar-refractivity contribution in [3.63, 3.8) is 0 Å². The van der Waals surface area contributed by atoms with Crippen LogP contribution in [0.25, 0.3) is 0 Å². The number of aliphatic hydroxyl groups is 1. The molecule has 234 valence electrons. The maximum absolute atomic E-state index is 12.8. The van der Waals surface area contributed by atoms with Crippen molar-refractivity contribution < 1.29 is 43.8 Å². The number of nitrogens with two attached hydrogens (primary N) is 3. The Bertz CT molecular complexity index is 931. The lowest BCUT2D eigenvalue weighted by atomic mass is 10.0. The van der Waals surface area contributed by atoms with Crippen LogP contribution in [-0.4, -0.2) is 102 Å². The third kappa shape index (κ3) is 14.9. The highest BCUT2D eigenvalue weighted by molar-refractivity contribution is 5.95. The molecule has 17 heteroatoms. The fourth-order valence-corrected chi connectivity index (χ4v) is 3.28. The van der Waals surface area contributed by atoms with Crippen LogP contribution >= 0.6 is 0 Å². The van der Waals surface area contributed by atoms with Crippen LogP contribution in [0.15, 0.2) is 0 Å². The predicted molar refractivity (Wildman–Crippen MR) is 145 cm³/mol. The van der Waals surface area contributed by atoms with Gasteiger partial charge in [0, 0.05) is 6.42 Å². The van der Waals surface area contributed by atoms with Gasteiger partial charge >= 0.3 is 5.97 Å². The smallest absolute Gasteiger partial charge is 0.326 e. The van der Waals surface area contributed by atoms with Gasteiger partial charge in [-0.2, -0.15) is 0 Å². The predicted octanol–water partition coefficient (Wildman–Crippen LogP) is -4.48. The zero-order chi connectivity index (χ0) is 31.7. The Morgan fingerprint density at radius 3 is 1.88 bits per heavy atom. The molecular formula is C24H44N8O9. The van der Waals surface area contributed by atoms with E-state index in [1.165, 1.54) is 6.92 Å². The van der Waals surface area contributed by atoms with Crippen LogP contribution in [-0.2, 0) is 33.6 Å². The minimum atomic E-state index is -1.54. The Hall–Kier alpha value is -3.83. The molecule has 6 amide bonds. The van der Waals surface area contributed by atoms with E-state index in [9.17, 15) is 43.8 Å². The summed E-state index contributed by atoms with van der Waals surface area (Å²) in [6.07, 6.45) is 0.539. The van der Waals surface area contributed by atoms with Gasteiger partial charge < -0.3 is 54.0 Å². The second-order valence-corrected chi connectivity index (χ2v) is 9.77. The minimum absolute atomic E-state index is 0.130. The molecule has 0 unspecified atom stereocenters. The molecule has 0 aliphatic rings. The summed E-state index contributed by atoms with van der Waals surface area (Å²) in [6, 6.07) is -6.14. The van der Waals surface area contributed by atoms with Crippen molar-refractivity contribution in [2.24, 2.45) is 23.1 Å². The number of hydrogen-bond acceptors (Lipinski definition) is 10. The largest absolute Gasteiger partial charge is 0.480 e. The maximum Gasteiger partial charge on any atom is 0.326 e. The Morgan fingerprint density at radius 1 is 0.756 bits per heavy atom. The van der Waals surface area contributed by atoms with Crippen molar-refractivity contribution in [2.45, 2.75) is 83.1 Å². The van der Waals surface area contributed by atoms with Gasteiger partial charge in [0.2, 0.25) is 35.4 Å². The lowest BCUT2D eigenvalue weighted by molar-refractivity contribution is -0.142. The van der Waals surface area contributed by atoms with Crippen molar-refractivity contribution in [3.05, 3.63) is 0 Å². The van der Waals surface area contributed by atoms with Gasteiger partial charge in [0.25, 0.3) is 0 Å². The minimum Gasteiger partial charge on any atom is -0.480 e. The first-order chi connectivity index (χ1) is 19.1. The number of aliphatic hydroxyl groups excluding tert-OH is 1. The number of amides is 6. The van der Waals surface area contributed by atoms with E-state index in [-0.39, 0.29) is 25.2 Å². The van der Waals surface area contributed by atoms with Crippen LogP contribution in [0.1, 0.15) is 52.9 Å². The van der Waals surface area contributed by atoms with E-state index >= 15 is 0 Å². The summed E-state index contributed by atoms with van der Waals surface area (Å²) in [5.41, 5.74) is 16.3. The average Bonchev–Trinajstić information content (AvgIpc) is 2.90. The quantitative estimate of drug-likeness (QED) is 0.0604. The molecule has 0 aromatic heterocycles. The van der Waals surface area contributed by atoms with Gasteiger partial charge in [-0.1, -0.05) is 13.8 Å². The molecule has 0 spiro atoms. The van der Waals surface area contributed by atoms with E-state index in [2.05, 4.69) is 26.6 Å². The third-order valence-electron chi connectivity index (χ3n) is 5.90. The summed E-state index contributed by atoms with van der Waals surface area (Å²) in [5, 5.41) is 30.4. The lowest BCUT2D eigenvalue weighted by Gasteiger charge is -2.24. The normalized spacial score (nSPS) is 14.5. The van der Waals surface area contributed by atoms with Gasteiger partial charge in [0.1, 0.15) is 24.2 Å². The number of aliphatic carboxylic acids is 1. The number of rotatable bonds is 20. The summed E-state index contributed by atoms with van der Waals surface area (Å²) in [5.74, 6) is -6.38. The number of unbranched alkanes of at least 4 members (excludes halogenated alkanes) is 1. The molecule has 0 radical (unpaired) electrons. The molecule has 0 heterocycles. The van der Waals surface area contributed by atoms with Crippen LogP contribution < -0.4 is 43.8 Å². The van der Waals surface area contributed by atoms with Crippen LogP contribution in [0.5, 0.6) is 0 Å². The fraction of sp³-hybridized carbons (Fsp3) is 0.708. The first-order valence-electron chi connectivity index (χ1n) is 13.2. The van der Waals surface area contributed by atoms with E-state index in [0.717, 1.165) is 0 Å². The highest BCUT2D eigenvalue weighted by Gasteiger charge is 2.29. The number of carbonyl (C=O) groups is 7. The molecule has 0 fully saturated rings. The number of carboxylic acids is 1. The summed E-state index contributed by atoms with van der Waals surface area (Å²) < 4.78 is 0. The van der Waals surface area contributed by atoms with Gasteiger partial charge in [0.05, 0.1) is 19.2 Å². The van der Waals surface area contributed by atoms with Gasteiger partial charge in [-0.3, -0.25) is 28.8 Å². The van der Waals surface area contributed by atoms with Gasteiger partial charge in [0.15, 0.2) is 0 Å². The second kappa shape index (κ2) is 19.3. The third-order valence-corrected chi connectivity index (χ3v) is 5.90.